The van der Waals surface area contributed by atoms with Gasteiger partial charge in [-0.3, -0.25) is 0 Å². The van der Waals surface area contributed by atoms with E-state index in [9.17, 15) is 0 Å². The van der Waals surface area contributed by atoms with Gasteiger partial charge in [-0.1, -0.05) is 19.8 Å². The molecule has 2 aliphatic rings. The molecular weight excluding hydrogens is 210 g/mol. The van der Waals surface area contributed by atoms with Gasteiger partial charge in [-0.25, -0.2) is 4.98 Å². The number of unbranched alkanes of at least 4 members (excludes halogenated alkanes) is 1. The Labute approximate surface area is 104 Å². The fourth-order valence-electron chi connectivity index (χ4n) is 3.65. The van der Waals surface area contributed by atoms with Crippen molar-refractivity contribution in [3.05, 3.63) is 12.4 Å². The van der Waals surface area contributed by atoms with E-state index in [1.807, 2.05) is 6.20 Å². The largest absolute Gasteiger partial charge is 0.356 e. The first-order valence-corrected chi connectivity index (χ1v) is 7.15. The molecule has 2 aliphatic carbocycles. The second kappa shape index (κ2) is 4.71. The zero-order valence-corrected chi connectivity index (χ0v) is 10.7. The van der Waals surface area contributed by atoms with E-state index in [-0.39, 0.29) is 0 Å². The highest BCUT2D eigenvalue weighted by molar-refractivity contribution is 5.27. The summed E-state index contributed by atoms with van der Waals surface area (Å²) in [5.41, 5.74) is 0. The van der Waals surface area contributed by atoms with Gasteiger partial charge in [0.2, 0.25) is 5.95 Å². The lowest BCUT2D eigenvalue weighted by Gasteiger charge is -2.25. The van der Waals surface area contributed by atoms with Gasteiger partial charge in [0.1, 0.15) is 0 Å². The lowest BCUT2D eigenvalue weighted by Crippen LogP contribution is -2.18. The second-order valence-electron chi connectivity index (χ2n) is 5.68. The van der Waals surface area contributed by atoms with E-state index in [2.05, 4.69) is 28.0 Å². The number of anilines is 1. The molecule has 0 radical (unpaired) electrons. The molecule has 1 N–H and O–H groups in total. The molecule has 0 aromatic carbocycles. The van der Waals surface area contributed by atoms with Gasteiger partial charge in [-0.2, -0.15) is 0 Å². The standard InChI is InChI=1S/C14H23N3/c1-2-3-6-15-14-16-7-8-17(14)13-10-11-4-5-12(13)9-11/h7-8,11-13H,2-6,9-10H2,1H3,(H,15,16). The maximum atomic E-state index is 4.47. The van der Waals surface area contributed by atoms with Crippen molar-refractivity contribution in [1.82, 2.24) is 9.55 Å². The summed E-state index contributed by atoms with van der Waals surface area (Å²) in [5.74, 6) is 3.01. The van der Waals surface area contributed by atoms with Crippen molar-refractivity contribution >= 4 is 5.95 Å². The quantitative estimate of drug-likeness (QED) is 0.789. The van der Waals surface area contributed by atoms with Crippen LogP contribution in [-0.4, -0.2) is 16.1 Å². The number of hydrogen-bond donors (Lipinski definition) is 1. The molecule has 2 bridgehead atoms. The van der Waals surface area contributed by atoms with Crippen LogP contribution >= 0.6 is 0 Å². The molecule has 17 heavy (non-hydrogen) atoms. The number of nitrogens with one attached hydrogen (secondary N) is 1. The van der Waals surface area contributed by atoms with Crippen LogP contribution in [0.4, 0.5) is 5.95 Å². The molecule has 3 rings (SSSR count). The van der Waals surface area contributed by atoms with Crippen LogP contribution in [0.3, 0.4) is 0 Å². The molecule has 1 aromatic rings. The predicted molar refractivity (Wildman–Crippen MR) is 70.1 cm³/mol. The minimum Gasteiger partial charge on any atom is -0.356 e. The number of hydrogen-bond acceptors (Lipinski definition) is 2. The van der Waals surface area contributed by atoms with Gasteiger partial charge in [0, 0.05) is 25.0 Å². The lowest BCUT2D eigenvalue weighted by molar-refractivity contribution is 0.332. The summed E-state index contributed by atoms with van der Waals surface area (Å²) in [6.45, 7) is 3.28. The Hall–Kier alpha value is -0.990. The van der Waals surface area contributed by atoms with Crippen molar-refractivity contribution in [1.29, 1.82) is 0 Å². The fourth-order valence-corrected chi connectivity index (χ4v) is 3.65. The van der Waals surface area contributed by atoms with Gasteiger partial charge in [-0.15, -0.1) is 0 Å². The fraction of sp³-hybridized carbons (Fsp3) is 0.786. The molecule has 0 amide bonds. The van der Waals surface area contributed by atoms with Gasteiger partial charge in [0.15, 0.2) is 0 Å². The molecule has 94 valence electrons. The molecule has 1 heterocycles. The molecule has 2 fully saturated rings. The Morgan fingerprint density at radius 2 is 2.35 bits per heavy atom. The number of fused-ring (bicyclic) bond motifs is 2. The molecule has 0 aliphatic heterocycles. The van der Waals surface area contributed by atoms with Gasteiger partial charge in [0.05, 0.1) is 0 Å². The Balaban J connectivity index is 1.68. The van der Waals surface area contributed by atoms with Crippen LogP contribution in [0.2, 0.25) is 0 Å². The molecular formula is C14H23N3. The Morgan fingerprint density at radius 3 is 3.06 bits per heavy atom. The van der Waals surface area contributed by atoms with E-state index in [1.54, 1.807) is 0 Å². The summed E-state index contributed by atoms with van der Waals surface area (Å²) >= 11 is 0. The van der Waals surface area contributed by atoms with Crippen molar-refractivity contribution in [3.63, 3.8) is 0 Å². The summed E-state index contributed by atoms with van der Waals surface area (Å²) in [7, 11) is 0. The normalized spacial score (nSPS) is 31.0. The third-order valence-corrected chi connectivity index (χ3v) is 4.54. The third-order valence-electron chi connectivity index (χ3n) is 4.54. The molecule has 3 heteroatoms. The topological polar surface area (TPSA) is 29.9 Å². The van der Waals surface area contributed by atoms with Gasteiger partial charge in [-0.05, 0) is 37.5 Å². The summed E-state index contributed by atoms with van der Waals surface area (Å²) in [5, 5.41) is 3.48. The molecule has 1 aromatic heterocycles. The molecule has 3 unspecified atom stereocenters. The molecule has 0 saturated heterocycles. The average Bonchev–Trinajstić information content (AvgIpc) is 3.04. The summed E-state index contributed by atoms with van der Waals surface area (Å²) in [4.78, 5) is 4.47. The van der Waals surface area contributed by atoms with Crippen LogP contribution in [0.15, 0.2) is 12.4 Å². The highest BCUT2D eigenvalue weighted by Crippen LogP contribution is 2.51. The van der Waals surface area contributed by atoms with Crippen LogP contribution < -0.4 is 5.32 Å². The summed E-state index contributed by atoms with van der Waals surface area (Å²) in [6, 6.07) is 0.723. The zero-order chi connectivity index (χ0) is 11.7. The maximum Gasteiger partial charge on any atom is 0.203 e. The van der Waals surface area contributed by atoms with Crippen molar-refractivity contribution in [2.75, 3.05) is 11.9 Å². The van der Waals surface area contributed by atoms with E-state index >= 15 is 0 Å². The predicted octanol–water partition coefficient (Wildman–Crippen LogP) is 3.46. The number of nitrogens with zero attached hydrogens (tertiary/aromatic N) is 2. The molecule has 3 atom stereocenters. The van der Waals surface area contributed by atoms with E-state index in [0.29, 0.717) is 0 Å². The average molecular weight is 233 g/mol. The number of aromatic nitrogens is 2. The first-order chi connectivity index (χ1) is 8.38. The van der Waals surface area contributed by atoms with Crippen molar-refractivity contribution in [2.24, 2.45) is 11.8 Å². The Kier molecular flexibility index (Phi) is 3.08. The van der Waals surface area contributed by atoms with Crippen molar-refractivity contribution in [2.45, 2.75) is 51.5 Å². The molecule has 2 saturated carbocycles. The first-order valence-electron chi connectivity index (χ1n) is 7.15. The van der Waals surface area contributed by atoms with Crippen LogP contribution in [0.1, 0.15) is 51.5 Å². The minimum absolute atomic E-state index is 0.723. The van der Waals surface area contributed by atoms with Gasteiger partial charge < -0.3 is 9.88 Å². The Bertz CT molecular complexity index is 371. The summed E-state index contributed by atoms with van der Waals surface area (Å²) in [6.07, 6.45) is 12.3. The Morgan fingerprint density at radius 1 is 1.41 bits per heavy atom. The second-order valence-corrected chi connectivity index (χ2v) is 5.68. The van der Waals surface area contributed by atoms with Crippen LogP contribution in [0.5, 0.6) is 0 Å². The van der Waals surface area contributed by atoms with Crippen molar-refractivity contribution in [3.8, 4) is 0 Å². The smallest absolute Gasteiger partial charge is 0.203 e. The first kappa shape index (κ1) is 11.1. The third kappa shape index (κ3) is 2.07. The highest BCUT2D eigenvalue weighted by atomic mass is 15.2. The maximum absolute atomic E-state index is 4.47. The van der Waals surface area contributed by atoms with E-state index in [0.717, 1.165) is 30.4 Å². The lowest BCUT2D eigenvalue weighted by atomic mass is 9.95. The van der Waals surface area contributed by atoms with Crippen LogP contribution in [0.25, 0.3) is 0 Å². The summed E-state index contributed by atoms with van der Waals surface area (Å²) < 4.78 is 2.40. The monoisotopic (exact) mass is 233 g/mol. The van der Waals surface area contributed by atoms with Gasteiger partial charge in [0.25, 0.3) is 0 Å². The van der Waals surface area contributed by atoms with Gasteiger partial charge >= 0.3 is 0 Å². The van der Waals surface area contributed by atoms with E-state index < -0.39 is 0 Å². The van der Waals surface area contributed by atoms with E-state index in [4.69, 9.17) is 0 Å². The number of rotatable bonds is 5. The van der Waals surface area contributed by atoms with Crippen LogP contribution in [0, 0.1) is 11.8 Å². The van der Waals surface area contributed by atoms with Crippen molar-refractivity contribution < 1.29 is 0 Å². The highest BCUT2D eigenvalue weighted by Gasteiger charge is 2.40. The number of imidazole rings is 1. The molecule has 3 nitrogen and oxygen atoms in total. The van der Waals surface area contributed by atoms with Crippen LogP contribution in [-0.2, 0) is 0 Å². The minimum atomic E-state index is 0.723. The van der Waals surface area contributed by atoms with E-state index in [1.165, 1.54) is 38.5 Å². The molecule has 0 spiro atoms. The SMILES string of the molecule is CCCCNc1nccn1C1CC2CCC1C2. The zero-order valence-electron chi connectivity index (χ0n) is 10.7.